The van der Waals surface area contributed by atoms with Gasteiger partial charge in [-0.3, -0.25) is 0 Å². The summed E-state index contributed by atoms with van der Waals surface area (Å²) in [7, 11) is 0. The lowest BCUT2D eigenvalue weighted by Gasteiger charge is -2.32. The summed E-state index contributed by atoms with van der Waals surface area (Å²) in [4.78, 5) is 0. The van der Waals surface area contributed by atoms with E-state index in [9.17, 15) is 0 Å². The summed E-state index contributed by atoms with van der Waals surface area (Å²) in [5.41, 5.74) is 9.64. The van der Waals surface area contributed by atoms with Crippen LogP contribution in [0.5, 0.6) is 0 Å². The third-order valence-corrected chi connectivity index (χ3v) is 3.16. The standard InChI is InChI=1S/C14H23NO/c1-6-16-14(4,5)13(15)12-8-7-10(2)11(3)9-12/h7-9,13H,6,15H2,1-5H3. The Kier molecular flexibility index (Phi) is 4.11. The van der Waals surface area contributed by atoms with Gasteiger partial charge < -0.3 is 10.5 Å². The predicted octanol–water partition coefficient (Wildman–Crippen LogP) is 3.12. The van der Waals surface area contributed by atoms with Crippen LogP contribution in [0.4, 0.5) is 0 Å². The molecule has 0 aliphatic heterocycles. The number of hydrogen-bond acceptors (Lipinski definition) is 2. The van der Waals surface area contributed by atoms with Crippen molar-refractivity contribution in [2.45, 2.75) is 46.3 Å². The molecule has 0 heterocycles. The van der Waals surface area contributed by atoms with Crippen LogP contribution in [-0.4, -0.2) is 12.2 Å². The summed E-state index contributed by atoms with van der Waals surface area (Å²) in [5, 5.41) is 0. The van der Waals surface area contributed by atoms with Gasteiger partial charge in [0.05, 0.1) is 11.6 Å². The van der Waals surface area contributed by atoms with E-state index in [4.69, 9.17) is 10.5 Å². The number of aryl methyl sites for hydroxylation is 2. The van der Waals surface area contributed by atoms with Gasteiger partial charge in [-0.15, -0.1) is 0 Å². The summed E-state index contributed by atoms with van der Waals surface area (Å²) in [5.74, 6) is 0. The molecule has 0 radical (unpaired) electrons. The van der Waals surface area contributed by atoms with Crippen molar-refractivity contribution in [1.82, 2.24) is 0 Å². The summed E-state index contributed by atoms with van der Waals surface area (Å²) < 4.78 is 5.69. The van der Waals surface area contributed by atoms with Crippen LogP contribution in [0.3, 0.4) is 0 Å². The van der Waals surface area contributed by atoms with Crippen LogP contribution in [0, 0.1) is 13.8 Å². The molecular formula is C14H23NO. The maximum atomic E-state index is 6.25. The van der Waals surface area contributed by atoms with E-state index in [0.29, 0.717) is 6.61 Å². The molecule has 0 aliphatic rings. The first-order valence-electron chi connectivity index (χ1n) is 5.85. The molecule has 1 aromatic rings. The first-order valence-corrected chi connectivity index (χ1v) is 5.85. The van der Waals surface area contributed by atoms with E-state index < -0.39 is 0 Å². The molecule has 2 N–H and O–H groups in total. The highest BCUT2D eigenvalue weighted by Crippen LogP contribution is 2.27. The van der Waals surface area contributed by atoms with Crippen molar-refractivity contribution in [2.24, 2.45) is 5.73 Å². The molecule has 0 saturated heterocycles. The lowest BCUT2D eigenvalue weighted by molar-refractivity contribution is -0.0298. The second-order valence-corrected chi connectivity index (χ2v) is 4.86. The van der Waals surface area contributed by atoms with Gasteiger partial charge in [-0.05, 0) is 51.3 Å². The zero-order valence-electron chi connectivity index (χ0n) is 11.0. The maximum absolute atomic E-state index is 6.25. The monoisotopic (exact) mass is 221 g/mol. The lowest BCUT2D eigenvalue weighted by Crippen LogP contribution is -2.38. The van der Waals surface area contributed by atoms with Crippen LogP contribution in [0.1, 0.15) is 43.5 Å². The average molecular weight is 221 g/mol. The van der Waals surface area contributed by atoms with E-state index in [1.54, 1.807) is 0 Å². The molecule has 0 aliphatic carbocycles. The molecule has 2 nitrogen and oxygen atoms in total. The summed E-state index contributed by atoms with van der Waals surface area (Å²) in [6.07, 6.45) is 0. The van der Waals surface area contributed by atoms with E-state index in [1.165, 1.54) is 11.1 Å². The highest BCUT2D eigenvalue weighted by atomic mass is 16.5. The van der Waals surface area contributed by atoms with Crippen molar-refractivity contribution >= 4 is 0 Å². The Bertz CT molecular complexity index is 358. The van der Waals surface area contributed by atoms with Crippen LogP contribution < -0.4 is 5.73 Å². The maximum Gasteiger partial charge on any atom is 0.0818 e. The van der Waals surface area contributed by atoms with Gasteiger partial charge in [0.1, 0.15) is 0 Å². The molecule has 1 atom stereocenters. The summed E-state index contributed by atoms with van der Waals surface area (Å²) in [6, 6.07) is 6.27. The summed E-state index contributed by atoms with van der Waals surface area (Å²) >= 11 is 0. The summed E-state index contributed by atoms with van der Waals surface area (Å²) in [6.45, 7) is 11.0. The fourth-order valence-corrected chi connectivity index (χ4v) is 1.82. The predicted molar refractivity (Wildman–Crippen MR) is 68.5 cm³/mol. The third-order valence-electron chi connectivity index (χ3n) is 3.16. The van der Waals surface area contributed by atoms with E-state index in [1.807, 2.05) is 20.8 Å². The smallest absolute Gasteiger partial charge is 0.0818 e. The Morgan fingerprint density at radius 2 is 1.88 bits per heavy atom. The minimum Gasteiger partial charge on any atom is -0.374 e. The molecule has 90 valence electrons. The van der Waals surface area contributed by atoms with E-state index in [-0.39, 0.29) is 11.6 Å². The number of nitrogens with two attached hydrogens (primary N) is 1. The quantitative estimate of drug-likeness (QED) is 0.848. The SMILES string of the molecule is CCOC(C)(C)C(N)c1ccc(C)c(C)c1. The van der Waals surface area contributed by atoms with E-state index in [2.05, 4.69) is 32.0 Å². The first-order chi connectivity index (χ1) is 7.38. The highest BCUT2D eigenvalue weighted by molar-refractivity contribution is 5.32. The normalized spacial score (nSPS) is 13.9. The van der Waals surface area contributed by atoms with Crippen molar-refractivity contribution in [3.63, 3.8) is 0 Å². The van der Waals surface area contributed by atoms with Crippen molar-refractivity contribution in [2.75, 3.05) is 6.61 Å². The molecule has 0 spiro atoms. The number of rotatable bonds is 4. The Labute approximate surface area is 98.8 Å². The fourth-order valence-electron chi connectivity index (χ4n) is 1.82. The molecule has 2 heteroatoms. The number of ether oxygens (including phenoxy) is 1. The van der Waals surface area contributed by atoms with E-state index >= 15 is 0 Å². The molecule has 1 aromatic carbocycles. The largest absolute Gasteiger partial charge is 0.374 e. The van der Waals surface area contributed by atoms with Gasteiger partial charge >= 0.3 is 0 Å². The Morgan fingerprint density at radius 3 is 2.38 bits per heavy atom. The van der Waals surface area contributed by atoms with Crippen molar-refractivity contribution in [1.29, 1.82) is 0 Å². The molecular weight excluding hydrogens is 198 g/mol. The molecule has 0 fully saturated rings. The first kappa shape index (κ1) is 13.2. The van der Waals surface area contributed by atoms with Gasteiger partial charge in [0.2, 0.25) is 0 Å². The van der Waals surface area contributed by atoms with Crippen LogP contribution in [0.25, 0.3) is 0 Å². The fraction of sp³-hybridized carbons (Fsp3) is 0.571. The van der Waals surface area contributed by atoms with Crippen LogP contribution in [0.2, 0.25) is 0 Å². The van der Waals surface area contributed by atoms with Gasteiger partial charge in [-0.2, -0.15) is 0 Å². The Hall–Kier alpha value is -0.860. The Balaban J connectivity index is 2.95. The van der Waals surface area contributed by atoms with Gasteiger partial charge in [0.25, 0.3) is 0 Å². The van der Waals surface area contributed by atoms with E-state index in [0.717, 1.165) is 5.56 Å². The number of benzene rings is 1. The molecule has 1 rings (SSSR count). The highest BCUT2D eigenvalue weighted by Gasteiger charge is 2.28. The molecule has 0 saturated carbocycles. The number of hydrogen-bond donors (Lipinski definition) is 1. The molecule has 1 unspecified atom stereocenters. The third kappa shape index (κ3) is 2.83. The van der Waals surface area contributed by atoms with Crippen LogP contribution in [-0.2, 0) is 4.74 Å². The molecule has 0 aromatic heterocycles. The minimum atomic E-state index is -0.323. The molecule has 0 bridgehead atoms. The van der Waals surface area contributed by atoms with Crippen LogP contribution in [0.15, 0.2) is 18.2 Å². The van der Waals surface area contributed by atoms with Gasteiger partial charge in [-0.25, -0.2) is 0 Å². The van der Waals surface area contributed by atoms with Gasteiger partial charge in [0.15, 0.2) is 0 Å². The topological polar surface area (TPSA) is 35.2 Å². The second-order valence-electron chi connectivity index (χ2n) is 4.86. The molecule has 0 amide bonds. The van der Waals surface area contributed by atoms with Crippen molar-refractivity contribution < 1.29 is 4.74 Å². The molecule has 16 heavy (non-hydrogen) atoms. The zero-order chi connectivity index (χ0) is 12.3. The van der Waals surface area contributed by atoms with Crippen molar-refractivity contribution in [3.05, 3.63) is 34.9 Å². The van der Waals surface area contributed by atoms with Crippen LogP contribution >= 0.6 is 0 Å². The second kappa shape index (κ2) is 4.98. The van der Waals surface area contributed by atoms with Gasteiger partial charge in [-0.1, -0.05) is 18.2 Å². The Morgan fingerprint density at radius 1 is 1.25 bits per heavy atom. The van der Waals surface area contributed by atoms with Gasteiger partial charge in [0, 0.05) is 6.61 Å². The average Bonchev–Trinajstić information content (AvgIpc) is 2.21. The zero-order valence-corrected chi connectivity index (χ0v) is 11.0. The van der Waals surface area contributed by atoms with Crippen molar-refractivity contribution in [3.8, 4) is 0 Å². The minimum absolute atomic E-state index is 0.0910. The lowest BCUT2D eigenvalue weighted by atomic mass is 9.90.